The Hall–Kier alpha value is -2.92. The number of hydrogen-bond donors (Lipinski definition) is 0. The Morgan fingerprint density at radius 1 is 1.15 bits per heavy atom. The normalized spacial score (nSPS) is 10.9. The van der Waals surface area contributed by atoms with Gasteiger partial charge in [-0.2, -0.15) is 0 Å². The van der Waals surface area contributed by atoms with Crippen LogP contribution in [-0.4, -0.2) is 19.5 Å². The molecule has 0 N–H and O–H groups in total. The van der Waals surface area contributed by atoms with Crippen LogP contribution in [0.4, 0.5) is 4.39 Å². The van der Waals surface area contributed by atoms with Crippen LogP contribution in [0.1, 0.15) is 22.8 Å². The van der Waals surface area contributed by atoms with Crippen LogP contribution < -0.4 is 9.47 Å². The van der Waals surface area contributed by atoms with Crippen LogP contribution in [0.3, 0.4) is 0 Å². The van der Waals surface area contributed by atoms with Gasteiger partial charge in [0, 0.05) is 4.88 Å². The molecule has 3 nitrogen and oxygen atoms in total. The van der Waals surface area contributed by atoms with Crippen LogP contribution in [0.5, 0.6) is 11.5 Å². The third-order valence-electron chi connectivity index (χ3n) is 3.95. The number of ether oxygens (including phenoxy) is 2. The number of thiophene rings is 1. The molecule has 0 amide bonds. The molecule has 27 heavy (non-hydrogen) atoms. The summed E-state index contributed by atoms with van der Waals surface area (Å²) >= 11 is 1.60. The van der Waals surface area contributed by atoms with Gasteiger partial charge in [0.25, 0.3) is 0 Å². The van der Waals surface area contributed by atoms with Gasteiger partial charge in [-0.05, 0) is 65.9 Å². The highest BCUT2D eigenvalue weighted by Crippen LogP contribution is 2.30. The Balaban J connectivity index is 1.86. The second-order valence-corrected chi connectivity index (χ2v) is 6.66. The monoisotopic (exact) mass is 382 g/mol. The Bertz CT molecular complexity index is 962. The van der Waals surface area contributed by atoms with Gasteiger partial charge in [-0.3, -0.25) is 4.79 Å². The summed E-state index contributed by atoms with van der Waals surface area (Å²) in [6.45, 7) is 2.19. The van der Waals surface area contributed by atoms with Crippen molar-refractivity contribution >= 4 is 23.2 Å². The number of carbonyl (C=O) groups excluding carboxylic acids is 1. The van der Waals surface area contributed by atoms with E-state index in [2.05, 4.69) is 0 Å². The molecule has 0 saturated heterocycles. The fourth-order valence-corrected chi connectivity index (χ4v) is 3.38. The predicted molar refractivity (Wildman–Crippen MR) is 107 cm³/mol. The zero-order valence-corrected chi connectivity index (χ0v) is 15.9. The van der Waals surface area contributed by atoms with Crippen molar-refractivity contribution in [3.63, 3.8) is 0 Å². The van der Waals surface area contributed by atoms with Crippen LogP contribution in [0.2, 0.25) is 0 Å². The second kappa shape index (κ2) is 8.64. The van der Waals surface area contributed by atoms with Crippen LogP contribution in [-0.2, 0) is 0 Å². The van der Waals surface area contributed by atoms with Crippen LogP contribution in [0.25, 0.3) is 16.5 Å². The van der Waals surface area contributed by atoms with E-state index in [9.17, 15) is 9.18 Å². The van der Waals surface area contributed by atoms with Gasteiger partial charge in [-0.15, -0.1) is 11.3 Å². The first kappa shape index (κ1) is 18.9. The fraction of sp³-hybridized carbons (Fsp3) is 0.136. The predicted octanol–water partition coefficient (Wildman–Crippen LogP) is 5.86. The number of methoxy groups -OCH3 is 1. The van der Waals surface area contributed by atoms with Gasteiger partial charge in [0.2, 0.25) is 0 Å². The summed E-state index contributed by atoms with van der Waals surface area (Å²) in [5, 5.41) is 1.99. The van der Waals surface area contributed by atoms with Gasteiger partial charge in [0.1, 0.15) is 5.75 Å². The van der Waals surface area contributed by atoms with E-state index >= 15 is 0 Å². The molecule has 0 atom stereocenters. The van der Waals surface area contributed by atoms with Gasteiger partial charge in [0.05, 0.1) is 19.3 Å². The molecule has 0 saturated carbocycles. The average molecular weight is 382 g/mol. The summed E-state index contributed by atoms with van der Waals surface area (Å²) in [6.07, 6.45) is 3.00. The molecule has 0 aliphatic rings. The minimum Gasteiger partial charge on any atom is -0.496 e. The number of carbonyl (C=O) groups is 1. The quantitative estimate of drug-likeness (QED) is 0.379. The maximum Gasteiger partial charge on any atom is 0.189 e. The Morgan fingerprint density at radius 3 is 2.63 bits per heavy atom. The van der Waals surface area contributed by atoms with E-state index in [1.54, 1.807) is 42.5 Å². The average Bonchev–Trinajstić information content (AvgIpc) is 3.22. The third-order valence-corrected chi connectivity index (χ3v) is 4.87. The fourth-order valence-electron chi connectivity index (χ4n) is 2.65. The molecule has 0 unspecified atom stereocenters. The van der Waals surface area contributed by atoms with Gasteiger partial charge >= 0.3 is 0 Å². The Kier molecular flexibility index (Phi) is 6.04. The highest BCUT2D eigenvalue weighted by Gasteiger charge is 2.12. The van der Waals surface area contributed by atoms with Gasteiger partial charge in [-0.25, -0.2) is 4.39 Å². The summed E-state index contributed by atoms with van der Waals surface area (Å²) in [7, 11) is 1.53. The van der Waals surface area contributed by atoms with E-state index in [1.807, 2.05) is 29.6 Å². The van der Waals surface area contributed by atoms with E-state index < -0.39 is 5.82 Å². The topological polar surface area (TPSA) is 35.5 Å². The number of allylic oxidation sites excluding steroid dienone is 1. The van der Waals surface area contributed by atoms with Crippen molar-refractivity contribution in [2.45, 2.75) is 6.92 Å². The minimum atomic E-state index is -0.455. The first-order chi connectivity index (χ1) is 13.1. The van der Waals surface area contributed by atoms with Crippen molar-refractivity contribution in [2.24, 2.45) is 0 Å². The largest absolute Gasteiger partial charge is 0.496 e. The van der Waals surface area contributed by atoms with Crippen LogP contribution in [0, 0.1) is 5.82 Å². The highest BCUT2D eigenvalue weighted by atomic mass is 32.1. The van der Waals surface area contributed by atoms with E-state index in [4.69, 9.17) is 9.47 Å². The van der Waals surface area contributed by atoms with Crippen LogP contribution in [0.15, 0.2) is 60.0 Å². The van der Waals surface area contributed by atoms with E-state index in [0.717, 1.165) is 10.4 Å². The van der Waals surface area contributed by atoms with E-state index in [0.29, 0.717) is 23.5 Å². The Labute approximate surface area is 161 Å². The van der Waals surface area contributed by atoms with Crippen molar-refractivity contribution in [3.8, 4) is 21.9 Å². The smallest absolute Gasteiger partial charge is 0.189 e. The van der Waals surface area contributed by atoms with Crippen LogP contribution >= 0.6 is 11.3 Å². The second-order valence-electron chi connectivity index (χ2n) is 5.71. The molecule has 1 aromatic heterocycles. The molecule has 138 valence electrons. The molecule has 0 spiro atoms. The third kappa shape index (κ3) is 4.44. The maximum atomic E-state index is 14.0. The van der Waals surface area contributed by atoms with Crippen molar-refractivity contribution in [1.29, 1.82) is 0 Å². The number of ketones is 1. The van der Waals surface area contributed by atoms with E-state index in [-0.39, 0.29) is 11.5 Å². The van der Waals surface area contributed by atoms with Gasteiger partial charge in [0.15, 0.2) is 17.3 Å². The Morgan fingerprint density at radius 2 is 1.96 bits per heavy atom. The minimum absolute atomic E-state index is 0.200. The summed E-state index contributed by atoms with van der Waals surface area (Å²) in [4.78, 5) is 13.8. The summed E-state index contributed by atoms with van der Waals surface area (Å²) in [5.41, 5.74) is 2.00. The number of halogens is 1. The lowest BCUT2D eigenvalue weighted by Gasteiger charge is -2.08. The molecule has 3 rings (SSSR count). The SMILES string of the molecule is CCOc1ccc(C=CC(=O)c2cc(-c3cccs3)ccc2OC)cc1F. The first-order valence-electron chi connectivity index (χ1n) is 8.49. The first-order valence-corrected chi connectivity index (χ1v) is 9.37. The van der Waals surface area contributed by atoms with Crippen molar-refractivity contribution in [2.75, 3.05) is 13.7 Å². The molecular formula is C22H19FO3S. The standard InChI is InChI=1S/C22H19FO3S/c1-3-26-21-10-7-15(13-18(21)23)6-9-19(24)17-14-16(8-11-20(17)25-2)22-5-4-12-27-22/h4-14H,3H2,1-2H3. The van der Waals surface area contributed by atoms with Gasteiger partial charge < -0.3 is 9.47 Å². The number of rotatable bonds is 7. The lowest BCUT2D eigenvalue weighted by atomic mass is 10.0. The molecule has 0 radical (unpaired) electrons. The molecule has 0 bridgehead atoms. The lowest BCUT2D eigenvalue weighted by Crippen LogP contribution is -1.99. The van der Waals surface area contributed by atoms with Crippen molar-refractivity contribution in [1.82, 2.24) is 0 Å². The molecule has 0 fully saturated rings. The zero-order chi connectivity index (χ0) is 19.2. The molecule has 2 aromatic carbocycles. The number of hydrogen-bond acceptors (Lipinski definition) is 4. The van der Waals surface area contributed by atoms with Crippen molar-refractivity contribution < 1.29 is 18.7 Å². The molecule has 5 heteroatoms. The zero-order valence-electron chi connectivity index (χ0n) is 15.1. The van der Waals surface area contributed by atoms with Crippen molar-refractivity contribution in [3.05, 3.63) is 76.9 Å². The lowest BCUT2D eigenvalue weighted by molar-refractivity contribution is 0.104. The molecule has 3 aromatic rings. The summed E-state index contributed by atoms with van der Waals surface area (Å²) < 4.78 is 24.5. The van der Waals surface area contributed by atoms with Gasteiger partial charge in [-0.1, -0.05) is 18.2 Å². The maximum absolute atomic E-state index is 14.0. The van der Waals surface area contributed by atoms with E-state index in [1.165, 1.54) is 19.3 Å². The summed E-state index contributed by atoms with van der Waals surface area (Å²) in [5.74, 6) is 0.0393. The molecule has 1 heterocycles. The molecular weight excluding hydrogens is 363 g/mol. The number of benzene rings is 2. The highest BCUT2D eigenvalue weighted by molar-refractivity contribution is 7.13. The molecule has 0 aliphatic heterocycles. The molecule has 0 aliphatic carbocycles. The summed E-state index contributed by atoms with van der Waals surface area (Å²) in [6, 6.07) is 14.1.